The van der Waals surface area contributed by atoms with E-state index in [0.717, 1.165) is 22.3 Å². The number of fused-ring (bicyclic) bond motifs is 2. The Labute approximate surface area is 289 Å². The van der Waals surface area contributed by atoms with E-state index in [0.29, 0.717) is 34.4 Å². The van der Waals surface area contributed by atoms with Crippen molar-refractivity contribution in [3.05, 3.63) is 160 Å². The molecule has 50 heavy (non-hydrogen) atoms. The van der Waals surface area contributed by atoms with Crippen LogP contribution in [-0.4, -0.2) is 42.2 Å². The van der Waals surface area contributed by atoms with Gasteiger partial charge in [0.25, 0.3) is 5.91 Å². The molecule has 1 unspecified atom stereocenters. The molecule has 5 aromatic carbocycles. The number of hydrogen-bond acceptors (Lipinski definition) is 7. The van der Waals surface area contributed by atoms with E-state index >= 15 is 0 Å². The van der Waals surface area contributed by atoms with Crippen LogP contribution >= 0.6 is 0 Å². The van der Waals surface area contributed by atoms with Crippen LogP contribution in [0.25, 0.3) is 10.9 Å². The molecule has 252 valence electrons. The predicted octanol–water partition coefficient (Wildman–Crippen LogP) is 7.81. The molecule has 1 amide bonds. The van der Waals surface area contributed by atoms with Gasteiger partial charge in [-0.15, -0.1) is 0 Å². The first-order chi connectivity index (χ1) is 24.4. The summed E-state index contributed by atoms with van der Waals surface area (Å²) in [7, 11) is 4.60. The summed E-state index contributed by atoms with van der Waals surface area (Å²) < 4.78 is 37.6. The largest absolute Gasteiger partial charge is 0.497 e. The fraction of sp³-hybridized carbons (Fsp3) is 0.171. The first-order valence-corrected chi connectivity index (χ1v) is 16.1. The second kappa shape index (κ2) is 13.9. The highest BCUT2D eigenvalue weighted by Crippen LogP contribution is 2.50. The van der Waals surface area contributed by atoms with Gasteiger partial charge < -0.3 is 29.0 Å². The lowest BCUT2D eigenvalue weighted by molar-refractivity contribution is 0.0126. The Balaban J connectivity index is 1.42. The van der Waals surface area contributed by atoms with Crippen LogP contribution < -0.4 is 18.9 Å². The van der Waals surface area contributed by atoms with Gasteiger partial charge in [0.15, 0.2) is 12.0 Å². The van der Waals surface area contributed by atoms with E-state index < -0.39 is 18.2 Å². The van der Waals surface area contributed by atoms with Crippen molar-refractivity contribution < 1.29 is 33.2 Å². The number of ether oxygens (including phenoxy) is 4. The molecule has 0 saturated heterocycles. The van der Waals surface area contributed by atoms with Crippen molar-refractivity contribution in [2.75, 3.05) is 21.3 Å². The third kappa shape index (κ3) is 6.08. The van der Waals surface area contributed by atoms with E-state index in [1.165, 1.54) is 24.1 Å². The minimum absolute atomic E-state index is 0.0326. The number of benzene rings is 5. The number of carbonyl (C=O) groups excluding carboxylic acids is 1. The van der Waals surface area contributed by atoms with Gasteiger partial charge in [-0.05, 0) is 59.0 Å². The Kier molecular flexibility index (Phi) is 9.06. The van der Waals surface area contributed by atoms with E-state index in [2.05, 4.69) is 0 Å². The Hall–Kier alpha value is -5.93. The quantitative estimate of drug-likeness (QED) is 0.150. The number of hydrogen-bond donors (Lipinski definition) is 1. The highest BCUT2D eigenvalue weighted by Gasteiger charge is 2.43. The maximum absolute atomic E-state index is 14.6. The normalized spacial score (nSPS) is 13.8. The van der Waals surface area contributed by atoms with Crippen molar-refractivity contribution in [1.29, 1.82) is 0 Å². The average Bonchev–Trinajstić information content (AvgIpc) is 3.40. The Bertz CT molecular complexity index is 2120. The van der Waals surface area contributed by atoms with Gasteiger partial charge in [0.2, 0.25) is 0 Å². The number of pyridine rings is 1. The maximum atomic E-state index is 14.6. The Morgan fingerprint density at radius 2 is 1.48 bits per heavy atom. The molecular weight excluding hydrogens is 635 g/mol. The van der Waals surface area contributed by atoms with Gasteiger partial charge in [-0.25, -0.2) is 4.39 Å². The number of aliphatic hydroxyl groups excluding tert-OH is 1. The van der Waals surface area contributed by atoms with Crippen LogP contribution in [0.4, 0.5) is 4.39 Å². The highest BCUT2D eigenvalue weighted by molar-refractivity contribution is 6.09. The van der Waals surface area contributed by atoms with Gasteiger partial charge in [-0.1, -0.05) is 72.8 Å². The first kappa shape index (κ1) is 32.6. The average molecular weight is 671 g/mol. The lowest BCUT2D eigenvalue weighted by Gasteiger charge is -2.24. The predicted molar refractivity (Wildman–Crippen MR) is 187 cm³/mol. The summed E-state index contributed by atoms with van der Waals surface area (Å²) in [6, 6.07) is 33.0. The van der Waals surface area contributed by atoms with Crippen molar-refractivity contribution in [2.24, 2.45) is 0 Å². The van der Waals surface area contributed by atoms with E-state index in [-0.39, 0.29) is 35.0 Å². The molecule has 8 nitrogen and oxygen atoms in total. The molecule has 1 aliphatic heterocycles. The lowest BCUT2D eigenvalue weighted by Crippen LogP contribution is -2.27. The summed E-state index contributed by atoms with van der Waals surface area (Å²) in [6.07, 6.45) is 0.195. The third-order valence-electron chi connectivity index (χ3n) is 8.97. The minimum Gasteiger partial charge on any atom is -0.497 e. The van der Waals surface area contributed by atoms with Gasteiger partial charge in [0, 0.05) is 23.2 Å². The van der Waals surface area contributed by atoms with Gasteiger partial charge >= 0.3 is 0 Å². The fourth-order valence-electron chi connectivity index (χ4n) is 6.52. The highest BCUT2D eigenvalue weighted by atomic mass is 19.1. The molecule has 0 saturated carbocycles. The van der Waals surface area contributed by atoms with Gasteiger partial charge in [-0.3, -0.25) is 9.78 Å². The topological polar surface area (TPSA) is 90.4 Å². The minimum atomic E-state index is -1.38. The molecule has 2 heterocycles. The summed E-state index contributed by atoms with van der Waals surface area (Å²) in [5.41, 5.74) is 5.01. The summed E-state index contributed by atoms with van der Waals surface area (Å²) in [5, 5.41) is 12.5. The maximum Gasteiger partial charge on any atom is 0.260 e. The Morgan fingerprint density at radius 1 is 0.800 bits per heavy atom. The lowest BCUT2D eigenvalue weighted by atomic mass is 9.97. The molecule has 0 fully saturated rings. The van der Waals surface area contributed by atoms with E-state index in [1.54, 1.807) is 50.7 Å². The number of rotatable bonds is 11. The zero-order valence-electron chi connectivity index (χ0n) is 27.8. The van der Waals surface area contributed by atoms with E-state index in [4.69, 9.17) is 23.9 Å². The second-order valence-corrected chi connectivity index (χ2v) is 12.0. The molecule has 0 bridgehead atoms. The smallest absolute Gasteiger partial charge is 0.260 e. The van der Waals surface area contributed by atoms with Crippen LogP contribution in [0.3, 0.4) is 0 Å². The van der Waals surface area contributed by atoms with Crippen molar-refractivity contribution in [3.63, 3.8) is 0 Å². The summed E-state index contributed by atoms with van der Waals surface area (Å²) in [5.74, 6) is 0.898. The molecule has 6 aromatic rings. The summed E-state index contributed by atoms with van der Waals surface area (Å²) in [4.78, 5) is 20.8. The van der Waals surface area contributed by atoms with Crippen LogP contribution in [0.15, 0.2) is 115 Å². The van der Waals surface area contributed by atoms with Crippen LogP contribution in [-0.2, 0) is 13.0 Å². The number of nitrogens with zero attached hydrogens (tertiary/aromatic N) is 2. The van der Waals surface area contributed by atoms with Crippen LogP contribution in [0.5, 0.6) is 23.0 Å². The van der Waals surface area contributed by atoms with Crippen LogP contribution in [0.1, 0.15) is 56.1 Å². The molecular formula is C41H35FN2O6. The van der Waals surface area contributed by atoms with Crippen LogP contribution in [0, 0.1) is 5.82 Å². The number of aromatic nitrogens is 1. The number of halogens is 1. The molecule has 1 atom stereocenters. The standard InChI is InChI=1S/C41H35FN2O6/c1-47-31-19-16-29(33(22-31)48-2)24-44-40(45)34-35(41(44)46)39(49-3)36-32(21-26(23-43-36)20-25-14-17-30(42)18-15-25)38(34)50-37(27-10-6-4-7-11-27)28-12-8-5-9-13-28/h4-19,21-23,37,41,46H,20,24H2,1-3H3. The summed E-state index contributed by atoms with van der Waals surface area (Å²) >= 11 is 0. The van der Waals surface area contributed by atoms with Crippen molar-refractivity contribution >= 4 is 16.8 Å². The zero-order valence-corrected chi connectivity index (χ0v) is 27.8. The zero-order chi connectivity index (χ0) is 34.8. The molecule has 1 aliphatic rings. The van der Waals surface area contributed by atoms with E-state index in [9.17, 15) is 14.3 Å². The number of methoxy groups -OCH3 is 3. The number of carbonyl (C=O) groups is 1. The molecule has 0 radical (unpaired) electrons. The molecule has 0 aliphatic carbocycles. The van der Waals surface area contributed by atoms with Crippen molar-refractivity contribution in [1.82, 2.24) is 9.88 Å². The fourth-order valence-corrected chi connectivity index (χ4v) is 6.52. The number of amides is 1. The second-order valence-electron chi connectivity index (χ2n) is 12.0. The van der Waals surface area contributed by atoms with Crippen LogP contribution in [0.2, 0.25) is 0 Å². The van der Waals surface area contributed by atoms with E-state index in [1.807, 2.05) is 66.7 Å². The molecule has 9 heteroatoms. The SMILES string of the molecule is COc1ccc(CN2C(=O)c3c(c(OC)c4ncc(Cc5ccc(F)cc5)cc4c3OC(c3ccccc3)c3ccccc3)C2O)c(OC)c1. The van der Waals surface area contributed by atoms with Crippen molar-refractivity contribution in [3.8, 4) is 23.0 Å². The molecule has 0 spiro atoms. The summed E-state index contributed by atoms with van der Waals surface area (Å²) in [6.45, 7) is 0.0326. The first-order valence-electron chi connectivity index (χ1n) is 16.1. The monoisotopic (exact) mass is 670 g/mol. The van der Waals surface area contributed by atoms with Gasteiger partial charge in [-0.2, -0.15) is 0 Å². The molecule has 1 N–H and O–H groups in total. The third-order valence-corrected chi connectivity index (χ3v) is 8.97. The Morgan fingerprint density at radius 3 is 2.10 bits per heavy atom. The van der Waals surface area contributed by atoms with Crippen molar-refractivity contribution in [2.45, 2.75) is 25.3 Å². The number of aliphatic hydroxyl groups is 1. The van der Waals surface area contributed by atoms with Gasteiger partial charge in [0.1, 0.15) is 34.7 Å². The molecule has 1 aromatic heterocycles. The molecule has 7 rings (SSSR count). The van der Waals surface area contributed by atoms with Gasteiger partial charge in [0.05, 0.1) is 39.0 Å².